The first kappa shape index (κ1) is 13.2. The molecular formula is C11H20N2O3. The molecule has 0 radical (unpaired) electrons. The van der Waals surface area contributed by atoms with Crippen molar-refractivity contribution in [2.45, 2.75) is 39.7 Å². The van der Waals surface area contributed by atoms with Crippen LogP contribution in [0.25, 0.3) is 0 Å². The van der Waals surface area contributed by atoms with Crippen LogP contribution in [0, 0.1) is 0 Å². The average molecular weight is 228 g/mol. The molecule has 5 heteroatoms. The van der Waals surface area contributed by atoms with Gasteiger partial charge >= 0.3 is 0 Å². The molecule has 0 fully saturated rings. The van der Waals surface area contributed by atoms with E-state index in [0.29, 0.717) is 18.8 Å². The summed E-state index contributed by atoms with van der Waals surface area (Å²) >= 11 is 0. The molecule has 16 heavy (non-hydrogen) atoms. The molecule has 0 aliphatic carbocycles. The number of aryl methyl sites for hydroxylation is 1. The van der Waals surface area contributed by atoms with Crippen molar-refractivity contribution in [2.24, 2.45) is 0 Å². The quantitative estimate of drug-likeness (QED) is 0.715. The molecule has 0 aromatic carbocycles. The van der Waals surface area contributed by atoms with E-state index in [0.717, 1.165) is 6.54 Å². The number of nitrogens with zero attached hydrogens (tertiary/aromatic N) is 2. The Morgan fingerprint density at radius 1 is 1.31 bits per heavy atom. The number of hydrogen-bond donors (Lipinski definition) is 1. The van der Waals surface area contributed by atoms with Crippen LogP contribution in [0.4, 0.5) is 0 Å². The maximum absolute atomic E-state index is 10.0. The molecule has 1 atom stereocenters. The number of hydrogen-bond acceptors (Lipinski definition) is 4. The molecule has 1 aromatic rings. The monoisotopic (exact) mass is 228 g/mol. The van der Waals surface area contributed by atoms with Crippen LogP contribution in [0.2, 0.25) is 0 Å². The minimum Gasteiger partial charge on any atom is -0.383 e. The van der Waals surface area contributed by atoms with E-state index in [9.17, 15) is 5.11 Å². The van der Waals surface area contributed by atoms with Crippen molar-refractivity contribution in [3.8, 4) is 0 Å². The lowest BCUT2D eigenvalue weighted by Gasteiger charge is -2.21. The summed E-state index contributed by atoms with van der Waals surface area (Å²) in [7, 11) is 0. The number of aromatic nitrogens is 2. The van der Waals surface area contributed by atoms with Gasteiger partial charge in [-0.2, -0.15) is 5.10 Å². The summed E-state index contributed by atoms with van der Waals surface area (Å²) in [6.07, 6.45) is 2.03. The highest BCUT2D eigenvalue weighted by molar-refractivity contribution is 5.08. The second kappa shape index (κ2) is 6.62. The zero-order chi connectivity index (χ0) is 12.0. The summed E-state index contributed by atoms with van der Waals surface area (Å²) in [6, 6.07) is 0. The van der Waals surface area contributed by atoms with Crippen LogP contribution in [-0.4, -0.2) is 34.4 Å². The van der Waals surface area contributed by atoms with E-state index in [1.165, 1.54) is 0 Å². The van der Waals surface area contributed by atoms with Crippen molar-refractivity contribution in [1.29, 1.82) is 0 Å². The Labute approximate surface area is 96.0 Å². The van der Waals surface area contributed by atoms with E-state index < -0.39 is 12.4 Å². The van der Waals surface area contributed by atoms with Crippen molar-refractivity contribution in [3.63, 3.8) is 0 Å². The summed E-state index contributed by atoms with van der Waals surface area (Å²) in [5.41, 5.74) is 0.716. The van der Waals surface area contributed by atoms with E-state index in [1.54, 1.807) is 17.1 Å². The number of ether oxygens (including phenoxy) is 2. The Hall–Kier alpha value is -0.910. The van der Waals surface area contributed by atoms with Gasteiger partial charge in [0.05, 0.1) is 6.20 Å². The third-order valence-electron chi connectivity index (χ3n) is 2.24. The molecule has 1 heterocycles. The average Bonchev–Trinajstić information content (AvgIpc) is 2.76. The third-order valence-corrected chi connectivity index (χ3v) is 2.24. The summed E-state index contributed by atoms with van der Waals surface area (Å²) in [4.78, 5) is 0. The predicted molar refractivity (Wildman–Crippen MR) is 59.9 cm³/mol. The molecule has 1 rings (SSSR count). The van der Waals surface area contributed by atoms with Crippen molar-refractivity contribution in [3.05, 3.63) is 18.0 Å². The van der Waals surface area contributed by atoms with Crippen LogP contribution in [0.5, 0.6) is 0 Å². The van der Waals surface area contributed by atoms with Crippen LogP contribution in [0.15, 0.2) is 12.4 Å². The van der Waals surface area contributed by atoms with E-state index in [1.807, 2.05) is 20.8 Å². The normalized spacial score (nSPS) is 13.3. The van der Waals surface area contributed by atoms with E-state index in [-0.39, 0.29) is 0 Å². The van der Waals surface area contributed by atoms with Gasteiger partial charge in [0, 0.05) is 31.5 Å². The molecule has 0 aliphatic heterocycles. The molecule has 1 N–H and O–H groups in total. The molecule has 92 valence electrons. The maximum Gasteiger partial charge on any atom is 0.187 e. The zero-order valence-electron chi connectivity index (χ0n) is 10.1. The predicted octanol–water partition coefficient (Wildman–Crippen LogP) is 1.34. The number of aliphatic hydroxyl groups is 1. The molecule has 1 aromatic heterocycles. The van der Waals surface area contributed by atoms with Crippen LogP contribution in [-0.2, 0) is 16.0 Å². The largest absolute Gasteiger partial charge is 0.383 e. The topological polar surface area (TPSA) is 56.5 Å². The Balaban J connectivity index is 2.68. The first-order valence-electron chi connectivity index (χ1n) is 5.66. The Morgan fingerprint density at radius 3 is 2.38 bits per heavy atom. The number of rotatable bonds is 7. The van der Waals surface area contributed by atoms with Crippen LogP contribution in [0.3, 0.4) is 0 Å². The van der Waals surface area contributed by atoms with Crippen LogP contribution >= 0.6 is 0 Å². The van der Waals surface area contributed by atoms with E-state index >= 15 is 0 Å². The Morgan fingerprint density at radius 2 is 1.94 bits per heavy atom. The van der Waals surface area contributed by atoms with Gasteiger partial charge in [0.25, 0.3) is 0 Å². The Kier molecular flexibility index (Phi) is 5.45. The lowest BCUT2D eigenvalue weighted by molar-refractivity contribution is -0.191. The summed E-state index contributed by atoms with van der Waals surface area (Å²) in [5, 5.41) is 14.2. The first-order chi connectivity index (χ1) is 7.72. The Bertz CT molecular complexity index is 295. The highest BCUT2D eigenvalue weighted by Gasteiger charge is 2.22. The lowest BCUT2D eigenvalue weighted by atomic mass is 10.2. The summed E-state index contributed by atoms with van der Waals surface area (Å²) < 4.78 is 12.4. The summed E-state index contributed by atoms with van der Waals surface area (Å²) in [6.45, 7) is 7.52. The van der Waals surface area contributed by atoms with Gasteiger partial charge in [-0.15, -0.1) is 0 Å². The molecule has 1 unspecified atom stereocenters. The van der Waals surface area contributed by atoms with Crippen molar-refractivity contribution in [2.75, 3.05) is 13.2 Å². The van der Waals surface area contributed by atoms with Gasteiger partial charge < -0.3 is 14.6 Å². The van der Waals surface area contributed by atoms with Crippen molar-refractivity contribution in [1.82, 2.24) is 9.78 Å². The highest BCUT2D eigenvalue weighted by atomic mass is 16.7. The fourth-order valence-electron chi connectivity index (χ4n) is 1.42. The first-order valence-corrected chi connectivity index (χ1v) is 5.66. The van der Waals surface area contributed by atoms with Crippen molar-refractivity contribution < 1.29 is 14.6 Å². The van der Waals surface area contributed by atoms with Gasteiger partial charge in [-0.25, -0.2) is 0 Å². The van der Waals surface area contributed by atoms with Gasteiger partial charge in [-0.3, -0.25) is 4.68 Å². The molecule has 0 spiro atoms. The maximum atomic E-state index is 10.0. The smallest absolute Gasteiger partial charge is 0.187 e. The van der Waals surface area contributed by atoms with Crippen molar-refractivity contribution >= 4 is 0 Å². The fraction of sp³-hybridized carbons (Fsp3) is 0.727. The van der Waals surface area contributed by atoms with E-state index in [4.69, 9.17) is 9.47 Å². The molecular weight excluding hydrogens is 208 g/mol. The van der Waals surface area contributed by atoms with Gasteiger partial charge in [-0.05, 0) is 20.8 Å². The fourth-order valence-corrected chi connectivity index (χ4v) is 1.42. The standard InChI is InChI=1S/C11H20N2O3/c1-4-13-8-9(7-12-13)10(14)11(15-5-2)16-6-3/h7-8,10-11,14H,4-6H2,1-3H3. The minimum absolute atomic E-state index is 0.504. The molecule has 5 nitrogen and oxygen atoms in total. The second-order valence-electron chi connectivity index (χ2n) is 3.35. The molecule has 0 amide bonds. The zero-order valence-corrected chi connectivity index (χ0v) is 10.1. The third kappa shape index (κ3) is 3.30. The SMILES string of the molecule is CCOC(OCC)C(O)c1cnn(CC)c1. The van der Waals surface area contributed by atoms with Gasteiger partial charge in [-0.1, -0.05) is 0 Å². The van der Waals surface area contributed by atoms with Gasteiger partial charge in [0.1, 0.15) is 6.10 Å². The molecule has 0 saturated carbocycles. The molecule has 0 bridgehead atoms. The summed E-state index contributed by atoms with van der Waals surface area (Å²) in [5.74, 6) is 0. The highest BCUT2D eigenvalue weighted by Crippen LogP contribution is 2.19. The minimum atomic E-state index is -0.791. The van der Waals surface area contributed by atoms with Crippen LogP contribution in [0.1, 0.15) is 32.4 Å². The second-order valence-corrected chi connectivity index (χ2v) is 3.35. The molecule has 0 saturated heterocycles. The van der Waals surface area contributed by atoms with Gasteiger partial charge in [0.15, 0.2) is 6.29 Å². The molecule has 0 aliphatic rings. The number of aliphatic hydroxyl groups excluding tert-OH is 1. The van der Waals surface area contributed by atoms with Gasteiger partial charge in [0.2, 0.25) is 0 Å². The van der Waals surface area contributed by atoms with E-state index in [2.05, 4.69) is 5.10 Å². The lowest BCUT2D eigenvalue weighted by Crippen LogP contribution is -2.25. The van der Waals surface area contributed by atoms with Crippen LogP contribution < -0.4 is 0 Å².